The highest BCUT2D eigenvalue weighted by atomic mass is 32.2. The third kappa shape index (κ3) is 3.38. The normalized spacial score (nSPS) is 11.0. The Hall–Kier alpha value is -2.40. The minimum atomic E-state index is -4.73. The fourth-order valence-electron chi connectivity index (χ4n) is 1.39. The number of amides is 1. The van der Waals surface area contributed by atoms with Crippen molar-refractivity contribution in [1.29, 1.82) is 0 Å². The van der Waals surface area contributed by atoms with E-state index in [1.807, 2.05) is 5.32 Å². The van der Waals surface area contributed by atoms with E-state index in [9.17, 15) is 32.1 Å². The molecule has 0 bridgehead atoms. The Bertz CT molecular complexity index is 733. The number of carbonyl (C=O) groups excluding carboxylic acids is 1. The Morgan fingerprint density at radius 1 is 1.48 bits per heavy atom. The molecule has 1 aromatic carbocycles. The van der Waals surface area contributed by atoms with Crippen LogP contribution in [0.25, 0.3) is 0 Å². The van der Waals surface area contributed by atoms with Crippen LogP contribution in [0.5, 0.6) is 0 Å². The third-order valence-corrected chi connectivity index (χ3v) is 3.20. The maximum absolute atomic E-state index is 13.9. The maximum Gasteiger partial charge on any atom is 0.307 e. The quantitative estimate of drug-likeness (QED) is 0.461. The van der Waals surface area contributed by atoms with Gasteiger partial charge in [0.25, 0.3) is 5.91 Å². The van der Waals surface area contributed by atoms with Gasteiger partial charge in [0.15, 0.2) is 5.82 Å². The predicted molar refractivity (Wildman–Crippen MR) is 66.9 cm³/mol. The second-order valence-electron chi connectivity index (χ2n) is 3.70. The maximum atomic E-state index is 13.9. The summed E-state index contributed by atoms with van der Waals surface area (Å²) in [7, 11) is -4.73. The van der Waals surface area contributed by atoms with Crippen molar-refractivity contribution >= 4 is 21.6 Å². The van der Waals surface area contributed by atoms with Gasteiger partial charge in [0.05, 0.1) is 4.92 Å². The van der Waals surface area contributed by atoms with Crippen LogP contribution in [0.1, 0.15) is 10.4 Å². The van der Waals surface area contributed by atoms with Crippen LogP contribution in [0, 0.1) is 21.7 Å². The van der Waals surface area contributed by atoms with Gasteiger partial charge in [-0.15, -0.1) is 6.58 Å². The summed E-state index contributed by atoms with van der Waals surface area (Å²) in [4.78, 5) is 19.6. The Morgan fingerprint density at radius 2 is 2.05 bits per heavy atom. The molecule has 0 spiro atoms. The number of nitrogens with zero attached hydrogens (tertiary/aromatic N) is 1. The number of rotatable bonds is 5. The average molecular weight is 321 g/mol. The second kappa shape index (κ2) is 5.93. The Morgan fingerprint density at radius 3 is 2.48 bits per heavy atom. The number of hydrogen-bond donors (Lipinski definition) is 2. The molecule has 21 heavy (non-hydrogen) atoms. The van der Waals surface area contributed by atoms with Crippen LogP contribution < -0.4 is 10.5 Å². The highest BCUT2D eigenvalue weighted by molar-refractivity contribution is 7.89. The lowest BCUT2D eigenvalue weighted by molar-refractivity contribution is -0.387. The lowest BCUT2D eigenvalue weighted by atomic mass is 10.1. The fourth-order valence-corrected chi connectivity index (χ4v) is 2.02. The van der Waals surface area contributed by atoms with Crippen LogP contribution in [0.2, 0.25) is 0 Å². The summed E-state index contributed by atoms with van der Waals surface area (Å²) in [6.45, 7) is 3.06. The summed E-state index contributed by atoms with van der Waals surface area (Å²) in [5, 5.41) is 17.3. The van der Waals surface area contributed by atoms with Gasteiger partial charge < -0.3 is 5.32 Å². The van der Waals surface area contributed by atoms with E-state index in [2.05, 4.69) is 11.7 Å². The van der Waals surface area contributed by atoms with Crippen molar-refractivity contribution in [2.75, 3.05) is 6.54 Å². The lowest BCUT2D eigenvalue weighted by Crippen LogP contribution is -2.27. The number of sulfonamides is 1. The topological polar surface area (TPSA) is 132 Å². The molecular weight excluding hydrogens is 312 g/mol. The number of benzene rings is 1. The van der Waals surface area contributed by atoms with Gasteiger partial charge in [-0.3, -0.25) is 14.9 Å². The molecule has 0 saturated heterocycles. The lowest BCUT2D eigenvalue weighted by Gasteiger charge is -2.09. The number of hydrogen-bond acceptors (Lipinski definition) is 5. The van der Waals surface area contributed by atoms with Crippen molar-refractivity contribution in [3.8, 4) is 0 Å². The zero-order chi connectivity index (χ0) is 16.4. The van der Waals surface area contributed by atoms with E-state index in [0.29, 0.717) is 0 Å². The van der Waals surface area contributed by atoms with Crippen molar-refractivity contribution in [1.82, 2.24) is 5.32 Å². The molecule has 0 fully saturated rings. The van der Waals surface area contributed by atoms with Crippen LogP contribution in [-0.4, -0.2) is 25.8 Å². The van der Waals surface area contributed by atoms with Gasteiger partial charge in [-0.2, -0.15) is 4.39 Å². The van der Waals surface area contributed by atoms with Gasteiger partial charge >= 0.3 is 5.69 Å². The molecule has 0 saturated carbocycles. The number of nitrogens with one attached hydrogen (secondary N) is 1. The van der Waals surface area contributed by atoms with Gasteiger partial charge in [0, 0.05) is 12.6 Å². The molecule has 0 unspecified atom stereocenters. The smallest absolute Gasteiger partial charge is 0.307 e. The summed E-state index contributed by atoms with van der Waals surface area (Å²) >= 11 is 0. The molecule has 0 heterocycles. The molecule has 0 aliphatic rings. The summed E-state index contributed by atoms with van der Waals surface area (Å²) in [6, 6.07) is 0.115. The van der Waals surface area contributed by atoms with Crippen molar-refractivity contribution in [2.45, 2.75) is 4.90 Å². The minimum Gasteiger partial charge on any atom is -0.348 e. The summed E-state index contributed by atoms with van der Waals surface area (Å²) in [5.41, 5.74) is -2.79. The number of carbonyl (C=O) groups is 1. The Balaban J connectivity index is 3.69. The second-order valence-corrected chi connectivity index (χ2v) is 5.23. The Kier molecular flexibility index (Phi) is 4.70. The SMILES string of the molecule is C=CCNC(=O)c1c(F)c([N+](=O)[O-])cc(S(N)(=O)=O)c1F. The van der Waals surface area contributed by atoms with Crippen LogP contribution in [0.4, 0.5) is 14.5 Å². The first-order valence-corrected chi connectivity index (χ1v) is 6.74. The third-order valence-electron chi connectivity index (χ3n) is 2.29. The fraction of sp³-hybridized carbons (Fsp3) is 0.100. The number of nitro groups is 1. The molecule has 3 N–H and O–H groups in total. The van der Waals surface area contributed by atoms with Gasteiger partial charge in [0.1, 0.15) is 10.5 Å². The van der Waals surface area contributed by atoms with Crippen LogP contribution in [-0.2, 0) is 10.0 Å². The first-order valence-electron chi connectivity index (χ1n) is 5.19. The van der Waals surface area contributed by atoms with Crippen molar-refractivity contribution in [3.63, 3.8) is 0 Å². The largest absolute Gasteiger partial charge is 0.348 e. The average Bonchev–Trinajstić information content (AvgIpc) is 2.34. The monoisotopic (exact) mass is 321 g/mol. The zero-order valence-electron chi connectivity index (χ0n) is 10.3. The molecule has 0 atom stereocenters. The van der Waals surface area contributed by atoms with E-state index < -0.39 is 48.6 Å². The molecular formula is C10H9F2N3O5S. The number of primary sulfonamides is 1. The number of nitrogens with two attached hydrogens (primary N) is 1. The predicted octanol–water partition coefficient (Wildman–Crippen LogP) is 0.436. The highest BCUT2D eigenvalue weighted by Gasteiger charge is 2.32. The van der Waals surface area contributed by atoms with Crippen LogP contribution in [0.15, 0.2) is 23.6 Å². The zero-order valence-corrected chi connectivity index (χ0v) is 11.1. The highest BCUT2D eigenvalue weighted by Crippen LogP contribution is 2.28. The molecule has 8 nitrogen and oxygen atoms in total. The van der Waals surface area contributed by atoms with Crippen LogP contribution >= 0.6 is 0 Å². The molecule has 1 rings (SSSR count). The van der Waals surface area contributed by atoms with E-state index in [-0.39, 0.29) is 12.6 Å². The first kappa shape index (κ1) is 16.7. The molecule has 0 aliphatic heterocycles. The molecule has 1 amide bonds. The summed E-state index contributed by atoms with van der Waals surface area (Å²) in [6.07, 6.45) is 1.19. The van der Waals surface area contributed by atoms with E-state index in [1.165, 1.54) is 6.08 Å². The molecule has 0 aromatic heterocycles. The van der Waals surface area contributed by atoms with Gasteiger partial charge in [-0.1, -0.05) is 6.08 Å². The molecule has 0 aliphatic carbocycles. The molecule has 11 heteroatoms. The molecule has 1 aromatic rings. The van der Waals surface area contributed by atoms with Gasteiger partial charge in [0.2, 0.25) is 15.8 Å². The first-order chi connectivity index (χ1) is 9.61. The standard InChI is InChI=1S/C10H9F2N3O5S/c1-2-3-14-10(16)7-8(11)5(15(17)18)4-6(9(7)12)21(13,19)20/h2,4H,1,3H2,(H,14,16)(H2,13,19,20). The van der Waals surface area contributed by atoms with Gasteiger partial charge in [-0.05, 0) is 0 Å². The van der Waals surface area contributed by atoms with E-state index in [4.69, 9.17) is 0 Å². The minimum absolute atomic E-state index is 0.115. The molecule has 114 valence electrons. The number of nitro benzene ring substituents is 1. The number of halogens is 2. The van der Waals surface area contributed by atoms with Crippen molar-refractivity contribution in [3.05, 3.63) is 46.0 Å². The van der Waals surface area contributed by atoms with E-state index in [0.717, 1.165) is 0 Å². The Labute approximate surface area is 117 Å². The van der Waals surface area contributed by atoms with E-state index in [1.54, 1.807) is 0 Å². The van der Waals surface area contributed by atoms with Crippen molar-refractivity contribution in [2.24, 2.45) is 5.14 Å². The molecule has 0 radical (unpaired) electrons. The van der Waals surface area contributed by atoms with Crippen molar-refractivity contribution < 1.29 is 26.9 Å². The summed E-state index contributed by atoms with van der Waals surface area (Å²) < 4.78 is 50.1. The van der Waals surface area contributed by atoms with E-state index >= 15 is 0 Å². The van der Waals surface area contributed by atoms with Crippen LogP contribution in [0.3, 0.4) is 0 Å². The van der Waals surface area contributed by atoms with Gasteiger partial charge in [-0.25, -0.2) is 17.9 Å². The summed E-state index contributed by atoms with van der Waals surface area (Å²) in [5.74, 6) is -4.98.